The van der Waals surface area contributed by atoms with Gasteiger partial charge in [0, 0.05) is 0 Å². The summed E-state index contributed by atoms with van der Waals surface area (Å²) in [7, 11) is 0. The summed E-state index contributed by atoms with van der Waals surface area (Å²) in [5.74, 6) is 0. The van der Waals surface area contributed by atoms with Crippen LogP contribution < -0.4 is 0 Å². The van der Waals surface area contributed by atoms with Crippen molar-refractivity contribution in [3.8, 4) is 0 Å². The van der Waals surface area contributed by atoms with Crippen molar-refractivity contribution >= 4 is 0 Å². The average molecular weight is 451 g/mol. The topological polar surface area (TPSA) is 0 Å². The van der Waals surface area contributed by atoms with E-state index in [0.717, 1.165) is 0 Å². The van der Waals surface area contributed by atoms with Gasteiger partial charge in [-0.05, 0) is 0 Å². The third-order valence-corrected chi connectivity index (χ3v) is 4.69. The van der Waals surface area contributed by atoms with Crippen molar-refractivity contribution in [3.63, 3.8) is 0 Å². The van der Waals surface area contributed by atoms with Crippen LogP contribution in [0, 0.1) is 12.8 Å². The van der Waals surface area contributed by atoms with Crippen LogP contribution in [0.1, 0.15) is 143 Å². The van der Waals surface area contributed by atoms with Gasteiger partial charge in [-0.15, -0.1) is 0 Å². The van der Waals surface area contributed by atoms with Crippen LogP contribution >= 0.6 is 0 Å². The third kappa shape index (κ3) is 36.6. The zero-order valence-corrected chi connectivity index (χ0v) is 22.6. The minimum atomic E-state index is 0. The van der Waals surface area contributed by atoms with Crippen molar-refractivity contribution < 1.29 is 27.3 Å². The number of hydrogen-bond donors (Lipinski definition) is 0. The Morgan fingerprint density at radius 1 is 0.400 bits per heavy atom. The first kappa shape index (κ1) is 30.6. The van der Waals surface area contributed by atoms with Gasteiger partial charge < -0.3 is 12.8 Å². The van der Waals surface area contributed by atoms with Gasteiger partial charge in [0.2, 0.25) is 0 Å². The summed E-state index contributed by atoms with van der Waals surface area (Å²) >= 11 is 0. The fourth-order valence-electron chi connectivity index (χ4n) is 2.96. The van der Waals surface area contributed by atoms with Gasteiger partial charge in [0.1, 0.15) is 0 Å². The monoisotopic (exact) mass is 452 g/mol. The molecule has 0 rings (SSSR count). The van der Waals surface area contributed by atoms with Crippen LogP contribution in [-0.4, -0.2) is 0 Å². The Hall–Kier alpha value is 0.922. The Balaban J connectivity index is -0.000000372. The van der Waals surface area contributed by atoms with Gasteiger partial charge >= 0.3 is 27.3 Å². The fourth-order valence-corrected chi connectivity index (χ4v) is 2.96. The molecule has 0 amide bonds. The molecule has 0 spiro atoms. The van der Waals surface area contributed by atoms with E-state index in [1.54, 1.807) is 0 Å². The van der Waals surface area contributed by atoms with Crippen molar-refractivity contribution in [1.82, 2.24) is 0 Å². The minimum Gasteiger partial charge on any atom is -0.332 e. The molecule has 25 heavy (non-hydrogen) atoms. The Morgan fingerprint density at radius 2 is 0.640 bits per heavy atom. The standard InChI is InChI=1S/2C12H25.Cd/c2*1-3-5-7-9-11-12-10-8-6-4-2;/h2*3H,4-12H2,1-2H3;/q2*-1;+2. The van der Waals surface area contributed by atoms with Crippen LogP contribution in [0.15, 0.2) is 0 Å². The van der Waals surface area contributed by atoms with E-state index in [0.29, 0.717) is 0 Å². The maximum absolute atomic E-state index is 2.27. The van der Waals surface area contributed by atoms with Crippen LogP contribution in [0.25, 0.3) is 0 Å². The summed E-state index contributed by atoms with van der Waals surface area (Å²) in [6.07, 6.45) is 30.1. The summed E-state index contributed by atoms with van der Waals surface area (Å²) in [5.41, 5.74) is 0. The van der Waals surface area contributed by atoms with Crippen molar-refractivity contribution in [2.75, 3.05) is 0 Å². The minimum absolute atomic E-state index is 0. The molecule has 1 heteroatoms. The van der Waals surface area contributed by atoms with Crippen molar-refractivity contribution in [2.24, 2.45) is 0 Å². The molecule has 0 aromatic heterocycles. The van der Waals surface area contributed by atoms with Crippen LogP contribution in [0.2, 0.25) is 0 Å². The maximum Gasteiger partial charge on any atom is 2.00 e. The Bertz CT molecular complexity index is 139. The first-order valence-electron chi connectivity index (χ1n) is 11.4. The molecule has 0 atom stereocenters. The van der Waals surface area contributed by atoms with Crippen LogP contribution in [0.3, 0.4) is 0 Å². The van der Waals surface area contributed by atoms with Gasteiger partial charge in [0.25, 0.3) is 0 Å². The first-order valence-corrected chi connectivity index (χ1v) is 11.4. The molecule has 0 unspecified atom stereocenters. The molecule has 0 bridgehead atoms. The predicted octanol–water partition coefficient (Wildman–Crippen LogP) is 9.48. The van der Waals surface area contributed by atoms with Crippen LogP contribution in [0.4, 0.5) is 0 Å². The van der Waals surface area contributed by atoms with Gasteiger partial charge in [-0.1, -0.05) is 117 Å². The molecule has 0 N–H and O–H groups in total. The Morgan fingerprint density at radius 3 is 0.880 bits per heavy atom. The van der Waals surface area contributed by atoms with Crippen molar-refractivity contribution in [2.45, 2.75) is 143 Å². The fraction of sp³-hybridized carbons (Fsp3) is 0.917. The smallest absolute Gasteiger partial charge is 0.332 e. The molecule has 0 aliphatic heterocycles. The number of hydrogen-bond acceptors (Lipinski definition) is 0. The molecule has 0 aromatic carbocycles. The summed E-state index contributed by atoms with van der Waals surface area (Å²) < 4.78 is 0. The maximum atomic E-state index is 2.27. The second kappa shape index (κ2) is 32.6. The molecule has 0 nitrogen and oxygen atoms in total. The van der Waals surface area contributed by atoms with E-state index in [-0.39, 0.29) is 27.3 Å². The zero-order chi connectivity index (χ0) is 18.1. The number of rotatable bonds is 18. The Labute approximate surface area is 182 Å². The second-order valence-electron chi connectivity index (χ2n) is 7.34. The van der Waals surface area contributed by atoms with Gasteiger partial charge in [0.05, 0.1) is 0 Å². The second-order valence-corrected chi connectivity index (χ2v) is 7.34. The van der Waals surface area contributed by atoms with E-state index >= 15 is 0 Å². The van der Waals surface area contributed by atoms with E-state index < -0.39 is 0 Å². The Kier molecular flexibility index (Phi) is 39.9. The summed E-state index contributed by atoms with van der Waals surface area (Å²) in [6, 6.07) is 0. The molecule has 0 radical (unpaired) electrons. The molecular weight excluding hydrogens is 401 g/mol. The number of unbranched alkanes of at least 4 members (excludes halogenated alkanes) is 18. The van der Waals surface area contributed by atoms with E-state index in [1.165, 1.54) is 116 Å². The zero-order valence-electron chi connectivity index (χ0n) is 18.6. The normalized spacial score (nSPS) is 10.1. The third-order valence-electron chi connectivity index (χ3n) is 4.69. The van der Waals surface area contributed by atoms with E-state index in [9.17, 15) is 0 Å². The van der Waals surface area contributed by atoms with Gasteiger partial charge in [0.15, 0.2) is 0 Å². The largest absolute Gasteiger partial charge is 2.00 e. The van der Waals surface area contributed by atoms with E-state index in [4.69, 9.17) is 0 Å². The first-order chi connectivity index (χ1) is 11.8. The molecule has 0 saturated heterocycles. The summed E-state index contributed by atoms with van der Waals surface area (Å²) in [6.45, 7) is 8.86. The summed E-state index contributed by atoms with van der Waals surface area (Å²) in [4.78, 5) is 0. The van der Waals surface area contributed by atoms with Crippen molar-refractivity contribution in [3.05, 3.63) is 12.8 Å². The van der Waals surface area contributed by atoms with Crippen LogP contribution in [-0.2, 0) is 27.3 Å². The SMILES string of the molecule is C[CH-]CCCCCCCCCC.C[CH-]CCCCCCCCCC.[Cd+2]. The molecule has 148 valence electrons. The molecule has 0 heterocycles. The van der Waals surface area contributed by atoms with E-state index in [2.05, 4.69) is 40.5 Å². The molecule has 0 aliphatic rings. The van der Waals surface area contributed by atoms with Crippen LogP contribution in [0.5, 0.6) is 0 Å². The molecule has 0 saturated carbocycles. The van der Waals surface area contributed by atoms with Gasteiger partial charge in [-0.2, -0.15) is 26.7 Å². The quantitative estimate of drug-likeness (QED) is 0.111. The predicted molar refractivity (Wildman–Crippen MR) is 114 cm³/mol. The van der Waals surface area contributed by atoms with Gasteiger partial charge in [-0.3, -0.25) is 0 Å². The van der Waals surface area contributed by atoms with Crippen molar-refractivity contribution in [1.29, 1.82) is 0 Å². The average Bonchev–Trinajstić information content (AvgIpc) is 2.60. The molecule has 0 fully saturated rings. The van der Waals surface area contributed by atoms with Gasteiger partial charge in [-0.25, -0.2) is 0 Å². The molecule has 0 aliphatic carbocycles. The van der Waals surface area contributed by atoms with E-state index in [1.807, 2.05) is 0 Å². The summed E-state index contributed by atoms with van der Waals surface area (Å²) in [5, 5.41) is 0. The molecule has 0 aromatic rings. The molecular formula is C24H50Cd.